The van der Waals surface area contributed by atoms with Gasteiger partial charge in [-0.05, 0) is 47.0 Å². The van der Waals surface area contributed by atoms with Crippen molar-refractivity contribution in [3.05, 3.63) is 21.2 Å². The van der Waals surface area contributed by atoms with Crippen molar-refractivity contribution >= 4 is 45.2 Å². The molecule has 0 spiro atoms. The zero-order chi connectivity index (χ0) is 9.71. The first-order valence-corrected chi connectivity index (χ1v) is 5.90. The third kappa shape index (κ3) is 1.32. The normalized spacial score (nSPS) is 16.4. The van der Waals surface area contributed by atoms with E-state index in [1.807, 2.05) is 6.20 Å². The molecule has 0 saturated heterocycles. The summed E-state index contributed by atoms with van der Waals surface area (Å²) < 4.78 is 3.40. The maximum atomic E-state index is 5.76. The SMILES string of the molecule is Clc1ncc2c(n1)c(I)cn2C1CC1. The number of halogens is 2. The molecule has 0 aromatic carbocycles. The topological polar surface area (TPSA) is 30.7 Å². The Labute approximate surface area is 99.6 Å². The summed E-state index contributed by atoms with van der Waals surface area (Å²) in [6.07, 6.45) is 6.48. The molecule has 0 radical (unpaired) electrons. The van der Waals surface area contributed by atoms with Crippen LogP contribution in [0.15, 0.2) is 12.4 Å². The molecule has 0 aliphatic heterocycles. The summed E-state index contributed by atoms with van der Waals surface area (Å²) in [6, 6.07) is 0.658. The fourth-order valence-corrected chi connectivity index (χ4v) is 2.46. The molecule has 14 heavy (non-hydrogen) atoms. The zero-order valence-electron chi connectivity index (χ0n) is 7.24. The van der Waals surface area contributed by atoms with Crippen LogP contribution < -0.4 is 0 Å². The fourth-order valence-electron chi connectivity index (χ4n) is 1.63. The summed E-state index contributed by atoms with van der Waals surface area (Å²) in [7, 11) is 0. The number of hydrogen-bond donors (Lipinski definition) is 0. The summed E-state index contributed by atoms with van der Waals surface area (Å²) >= 11 is 8.05. The van der Waals surface area contributed by atoms with Crippen LogP contribution in [0.25, 0.3) is 11.0 Å². The summed E-state index contributed by atoms with van der Waals surface area (Å²) in [5, 5.41) is 0.323. The van der Waals surface area contributed by atoms with Crippen LogP contribution in [0.2, 0.25) is 5.28 Å². The first kappa shape index (κ1) is 8.91. The largest absolute Gasteiger partial charge is 0.341 e. The monoisotopic (exact) mass is 319 g/mol. The summed E-state index contributed by atoms with van der Waals surface area (Å²) in [5.74, 6) is 0. The van der Waals surface area contributed by atoms with Crippen LogP contribution in [0, 0.1) is 3.57 Å². The molecule has 5 heteroatoms. The van der Waals surface area contributed by atoms with E-state index >= 15 is 0 Å². The minimum atomic E-state index is 0.323. The highest BCUT2D eigenvalue weighted by molar-refractivity contribution is 14.1. The third-order valence-corrected chi connectivity index (χ3v) is 3.41. The molecule has 3 rings (SSSR count). The number of fused-ring (bicyclic) bond motifs is 1. The highest BCUT2D eigenvalue weighted by atomic mass is 127. The molecular formula is C9H7ClIN3. The molecule has 1 fully saturated rings. The van der Waals surface area contributed by atoms with Gasteiger partial charge in [-0.3, -0.25) is 0 Å². The lowest BCUT2D eigenvalue weighted by Crippen LogP contribution is -1.91. The smallest absolute Gasteiger partial charge is 0.223 e. The van der Waals surface area contributed by atoms with Crippen LogP contribution >= 0.6 is 34.2 Å². The van der Waals surface area contributed by atoms with Gasteiger partial charge in [0, 0.05) is 12.2 Å². The van der Waals surface area contributed by atoms with E-state index in [1.165, 1.54) is 12.8 Å². The van der Waals surface area contributed by atoms with E-state index in [0.29, 0.717) is 11.3 Å². The molecule has 3 nitrogen and oxygen atoms in total. The molecular weight excluding hydrogens is 312 g/mol. The molecule has 1 saturated carbocycles. The predicted octanol–water partition coefficient (Wildman–Crippen LogP) is 3.02. The van der Waals surface area contributed by atoms with Crippen molar-refractivity contribution in [1.82, 2.24) is 14.5 Å². The highest BCUT2D eigenvalue weighted by Gasteiger charge is 2.25. The Hall–Kier alpha value is -0.360. The molecule has 0 N–H and O–H groups in total. The Bertz CT molecular complexity index is 504. The maximum absolute atomic E-state index is 5.76. The molecule has 0 bridgehead atoms. The second-order valence-corrected chi connectivity index (χ2v) is 4.99. The van der Waals surface area contributed by atoms with Crippen molar-refractivity contribution in [2.75, 3.05) is 0 Å². The van der Waals surface area contributed by atoms with Crippen molar-refractivity contribution in [3.8, 4) is 0 Å². The number of hydrogen-bond acceptors (Lipinski definition) is 2. The molecule has 2 aromatic rings. The van der Waals surface area contributed by atoms with Crippen LogP contribution in [0.5, 0.6) is 0 Å². The van der Waals surface area contributed by atoms with Crippen molar-refractivity contribution in [2.24, 2.45) is 0 Å². The van der Waals surface area contributed by atoms with Gasteiger partial charge in [0.25, 0.3) is 0 Å². The lowest BCUT2D eigenvalue weighted by atomic mass is 10.4. The lowest BCUT2D eigenvalue weighted by molar-refractivity contribution is 0.772. The molecule has 2 heterocycles. The first-order valence-electron chi connectivity index (χ1n) is 4.44. The van der Waals surface area contributed by atoms with Gasteiger partial charge in [-0.1, -0.05) is 0 Å². The van der Waals surface area contributed by atoms with Gasteiger partial charge in [-0.15, -0.1) is 0 Å². The number of nitrogens with zero attached hydrogens (tertiary/aromatic N) is 3. The average Bonchev–Trinajstić information content (AvgIpc) is 2.94. The molecule has 0 atom stereocenters. The quantitative estimate of drug-likeness (QED) is 0.597. The Balaban J connectivity index is 2.32. The van der Waals surface area contributed by atoms with Gasteiger partial charge in [-0.2, -0.15) is 0 Å². The summed E-state index contributed by atoms with van der Waals surface area (Å²) in [6.45, 7) is 0. The van der Waals surface area contributed by atoms with Crippen molar-refractivity contribution in [3.63, 3.8) is 0 Å². The van der Waals surface area contributed by atoms with Gasteiger partial charge in [0.05, 0.1) is 15.3 Å². The minimum absolute atomic E-state index is 0.323. The van der Waals surface area contributed by atoms with Crippen molar-refractivity contribution < 1.29 is 0 Å². The van der Waals surface area contributed by atoms with Gasteiger partial charge in [0.2, 0.25) is 5.28 Å². The van der Waals surface area contributed by atoms with Gasteiger partial charge >= 0.3 is 0 Å². The minimum Gasteiger partial charge on any atom is -0.341 e. The van der Waals surface area contributed by atoms with Gasteiger partial charge < -0.3 is 4.57 Å². The Kier molecular flexibility index (Phi) is 1.95. The van der Waals surface area contributed by atoms with Crippen LogP contribution in [-0.4, -0.2) is 14.5 Å². The first-order chi connectivity index (χ1) is 6.75. The van der Waals surface area contributed by atoms with E-state index in [-0.39, 0.29) is 0 Å². The summed E-state index contributed by atoms with van der Waals surface area (Å²) in [5.41, 5.74) is 2.07. The predicted molar refractivity (Wildman–Crippen MR) is 63.5 cm³/mol. The Morgan fingerprint density at radius 1 is 1.50 bits per heavy atom. The highest BCUT2D eigenvalue weighted by Crippen LogP contribution is 2.38. The van der Waals surface area contributed by atoms with E-state index in [0.717, 1.165) is 14.6 Å². The van der Waals surface area contributed by atoms with Crippen LogP contribution in [0.3, 0.4) is 0 Å². The number of aromatic nitrogens is 3. The van der Waals surface area contributed by atoms with E-state index in [1.54, 1.807) is 0 Å². The number of rotatable bonds is 1. The molecule has 0 amide bonds. The maximum Gasteiger partial charge on any atom is 0.223 e. The third-order valence-electron chi connectivity index (χ3n) is 2.44. The van der Waals surface area contributed by atoms with Crippen LogP contribution in [0.1, 0.15) is 18.9 Å². The molecule has 1 aliphatic carbocycles. The Morgan fingerprint density at radius 2 is 2.29 bits per heavy atom. The van der Waals surface area contributed by atoms with Crippen molar-refractivity contribution in [2.45, 2.75) is 18.9 Å². The van der Waals surface area contributed by atoms with Gasteiger partial charge in [0.1, 0.15) is 5.52 Å². The van der Waals surface area contributed by atoms with E-state index in [9.17, 15) is 0 Å². The summed E-state index contributed by atoms with van der Waals surface area (Å²) in [4.78, 5) is 8.25. The molecule has 72 valence electrons. The average molecular weight is 320 g/mol. The van der Waals surface area contributed by atoms with E-state index in [2.05, 4.69) is 43.3 Å². The van der Waals surface area contributed by atoms with Crippen molar-refractivity contribution in [1.29, 1.82) is 0 Å². The standard InChI is InChI=1S/C9H7ClIN3/c10-9-12-3-7-8(13-9)6(11)4-14(7)5-1-2-5/h3-5H,1-2H2. The zero-order valence-corrected chi connectivity index (χ0v) is 10.2. The second kappa shape index (κ2) is 3.06. The van der Waals surface area contributed by atoms with Crippen LogP contribution in [-0.2, 0) is 0 Å². The van der Waals surface area contributed by atoms with Gasteiger partial charge in [-0.25, -0.2) is 9.97 Å². The van der Waals surface area contributed by atoms with Crippen LogP contribution in [0.4, 0.5) is 0 Å². The van der Waals surface area contributed by atoms with Gasteiger partial charge in [0.15, 0.2) is 0 Å². The van der Waals surface area contributed by atoms with E-state index < -0.39 is 0 Å². The molecule has 1 aliphatic rings. The lowest BCUT2D eigenvalue weighted by Gasteiger charge is -1.99. The fraction of sp³-hybridized carbons (Fsp3) is 0.333. The van der Waals surface area contributed by atoms with E-state index in [4.69, 9.17) is 11.6 Å². The Morgan fingerprint density at radius 3 is 3.00 bits per heavy atom. The second-order valence-electron chi connectivity index (χ2n) is 3.49. The molecule has 0 unspecified atom stereocenters. The molecule has 2 aromatic heterocycles.